The first-order chi connectivity index (χ1) is 44.0. The average Bonchev–Trinajstić information content (AvgIpc) is 1.63. The molecule has 0 spiro atoms. The van der Waals surface area contributed by atoms with Crippen molar-refractivity contribution in [1.29, 1.82) is 0 Å². The van der Waals surface area contributed by atoms with Gasteiger partial charge < -0.3 is 40.3 Å². The van der Waals surface area contributed by atoms with Gasteiger partial charge in [-0.05, 0) is 138 Å². The summed E-state index contributed by atoms with van der Waals surface area (Å²) in [5, 5.41) is 12.9. The van der Waals surface area contributed by atoms with Crippen LogP contribution in [-0.2, 0) is 45.8 Å². The highest BCUT2D eigenvalue weighted by atomic mass is 35.5. The van der Waals surface area contributed by atoms with Crippen molar-refractivity contribution < 1.29 is 35.9 Å². The summed E-state index contributed by atoms with van der Waals surface area (Å²) >= 11 is 17.6. The number of rotatable bonds is 12. The maximum absolute atomic E-state index is 12.6. The number of fused-ring (bicyclic) bond motifs is 2. The summed E-state index contributed by atoms with van der Waals surface area (Å²) in [5.74, 6) is 0.520. The molecule has 91 heavy (non-hydrogen) atoms. The molecule has 0 aliphatic heterocycles. The van der Waals surface area contributed by atoms with Gasteiger partial charge in [-0.3, -0.25) is 0 Å². The summed E-state index contributed by atoms with van der Waals surface area (Å²) in [6.45, 7) is 8.81. The highest BCUT2D eigenvalue weighted by molar-refractivity contribution is 7.52. The second-order valence-corrected chi connectivity index (χ2v) is 23.9. The number of para-hydroxylation sites is 4. The lowest BCUT2D eigenvalue weighted by molar-refractivity contribution is 0.118. The Hall–Kier alpha value is -8.63. The SMILES string of the molecule is C[C@]1(NC(=O)OCc2ccccc2)CCC[C@@H](N)C1.Cc1c(-c2nc(Cl)ncc2Cl)c2ccccc2n1-c1ccccc1.Cc1c(-c2nc(N[C@@H]3CCC[C@](C)(NC(=O)OCc4ccccc4)C3)ncc2Cl)c2ccccc2n1-c1ccccc1.O=S=O.O=S=O. The molecule has 23 heteroatoms. The molecule has 10 aromatic rings. The first kappa shape index (κ1) is 68.3. The zero-order valence-corrected chi connectivity index (χ0v) is 54.4. The van der Waals surface area contributed by atoms with E-state index in [-0.39, 0.29) is 35.6 Å². The topological polar surface area (TPSA) is 244 Å². The van der Waals surface area contributed by atoms with Gasteiger partial charge in [-0.2, -0.15) is 16.8 Å². The number of nitrogens with two attached hydrogens (primary N) is 1. The van der Waals surface area contributed by atoms with Crippen molar-refractivity contribution in [3.05, 3.63) is 220 Å². The van der Waals surface area contributed by atoms with Crippen molar-refractivity contribution >= 4 is 97.9 Å². The van der Waals surface area contributed by atoms with Gasteiger partial charge in [-0.25, -0.2) is 29.5 Å². The first-order valence-electron chi connectivity index (χ1n) is 29.3. The summed E-state index contributed by atoms with van der Waals surface area (Å²) in [4.78, 5) is 42.3. The molecule has 0 unspecified atom stereocenters. The molecular formula is C68H69Cl3N10O8S2. The van der Waals surface area contributed by atoms with E-state index >= 15 is 0 Å². The number of anilines is 1. The molecule has 2 fully saturated rings. The largest absolute Gasteiger partial charge is 0.445 e. The van der Waals surface area contributed by atoms with Gasteiger partial charge in [0.05, 0.1) is 44.9 Å². The maximum atomic E-state index is 12.6. The summed E-state index contributed by atoms with van der Waals surface area (Å²) < 4.78 is 48.3. The Labute approximate surface area is 550 Å². The highest BCUT2D eigenvalue weighted by Gasteiger charge is 2.35. The van der Waals surface area contributed by atoms with Crippen molar-refractivity contribution in [2.45, 2.75) is 115 Å². The van der Waals surface area contributed by atoms with Crippen LogP contribution in [0.5, 0.6) is 0 Å². The van der Waals surface area contributed by atoms with Gasteiger partial charge in [0, 0.05) is 67.8 Å². The summed E-state index contributed by atoms with van der Waals surface area (Å²) in [6, 6.07) is 56.6. The van der Waals surface area contributed by atoms with Gasteiger partial charge in [-0.15, -0.1) is 0 Å². The van der Waals surface area contributed by atoms with Crippen molar-refractivity contribution in [2.75, 3.05) is 5.32 Å². The number of alkyl carbamates (subject to hydrolysis) is 2. The van der Waals surface area contributed by atoms with Gasteiger partial charge in [0.25, 0.3) is 0 Å². The van der Waals surface area contributed by atoms with Crippen molar-refractivity contribution in [3.63, 3.8) is 0 Å². The van der Waals surface area contributed by atoms with E-state index in [9.17, 15) is 9.59 Å². The summed E-state index contributed by atoms with van der Waals surface area (Å²) in [6.07, 6.45) is 9.81. The first-order valence-corrected chi connectivity index (χ1v) is 31.8. The lowest BCUT2D eigenvalue weighted by Crippen LogP contribution is -2.51. The van der Waals surface area contributed by atoms with Gasteiger partial charge in [0.2, 0.25) is 11.2 Å². The molecule has 4 heterocycles. The summed E-state index contributed by atoms with van der Waals surface area (Å²) in [5.41, 5.74) is 17.0. The number of hydrogen-bond acceptors (Lipinski definition) is 14. The van der Waals surface area contributed by atoms with E-state index in [2.05, 4.69) is 109 Å². The van der Waals surface area contributed by atoms with Gasteiger partial charge >= 0.3 is 35.3 Å². The van der Waals surface area contributed by atoms with E-state index < -0.39 is 34.8 Å². The van der Waals surface area contributed by atoms with Gasteiger partial charge in [-0.1, -0.05) is 157 Å². The number of amides is 2. The number of halogens is 3. The minimum atomic E-state index is -0.750. The average molecular weight is 1320 g/mol. The fourth-order valence-corrected chi connectivity index (χ4v) is 12.4. The molecule has 12 rings (SSSR count). The standard InChI is InChI=1S/C34H34ClN5O2.C19H13Cl2N3.C15H22N2O2.2O2S/c1-23-30(27-17-9-10-18-29(27)40(23)26-15-7-4-8-16-26)31-28(35)21-36-32(38-31)37-25-14-11-19-34(2,20-25)39-33(41)42-22-24-12-5-3-6-13-24;1-12-17(18-15(20)11-22-19(21)23-18)14-9-5-6-10-16(14)24(12)13-7-3-2-4-8-13;1-15(9-5-8-13(16)10-15)17-14(18)19-11-12-6-3-2-4-7-12;2*1-3-2/h3-10,12-13,15-18,21,25H,11,14,19-20,22H2,1-2H3,(H,39,41)(H,36,37,38);2-11H,1H3;2-4,6-7,13H,5,8-11,16H2,1H3,(H,17,18);;/t25-,34+;;13-,15+;;/m1.1../s1. The number of nitrogens with zero attached hydrogens (tertiary/aromatic N) is 6. The number of carbonyl (C=O) groups is 2. The number of benzene rings is 6. The monoisotopic (exact) mass is 1320 g/mol. The van der Waals surface area contributed by atoms with Crippen molar-refractivity contribution in [3.8, 4) is 33.9 Å². The Morgan fingerprint density at radius 1 is 0.560 bits per heavy atom. The van der Waals surface area contributed by atoms with E-state index in [4.69, 9.17) is 71.8 Å². The molecule has 4 aromatic heterocycles. The molecular weight excluding hydrogens is 1260 g/mol. The number of nitrogens with one attached hydrogen (secondary N) is 3. The number of ether oxygens (including phenoxy) is 2. The predicted octanol–water partition coefficient (Wildman–Crippen LogP) is 15.0. The van der Waals surface area contributed by atoms with Crippen LogP contribution in [0.15, 0.2) is 182 Å². The second-order valence-electron chi connectivity index (χ2n) is 22.4. The van der Waals surface area contributed by atoms with Crippen LogP contribution in [0.25, 0.3) is 55.7 Å². The van der Waals surface area contributed by atoms with Crippen LogP contribution in [0.4, 0.5) is 15.5 Å². The molecule has 0 radical (unpaired) electrons. The molecule has 2 amide bonds. The third-order valence-corrected chi connectivity index (χ3v) is 16.5. The molecule has 2 aliphatic carbocycles. The third kappa shape index (κ3) is 18.3. The van der Waals surface area contributed by atoms with Crippen molar-refractivity contribution in [2.24, 2.45) is 5.73 Å². The molecule has 472 valence electrons. The van der Waals surface area contributed by atoms with Gasteiger partial charge in [0.15, 0.2) is 0 Å². The summed E-state index contributed by atoms with van der Waals surface area (Å²) in [7, 11) is 0. The van der Waals surface area contributed by atoms with Gasteiger partial charge in [0.1, 0.15) is 13.2 Å². The van der Waals surface area contributed by atoms with E-state index in [0.717, 1.165) is 118 Å². The van der Waals surface area contributed by atoms with E-state index in [1.807, 2.05) is 128 Å². The molecule has 2 saturated carbocycles. The number of hydrogen-bond donors (Lipinski definition) is 4. The van der Waals surface area contributed by atoms with Crippen molar-refractivity contribution in [1.82, 2.24) is 39.7 Å². The second kappa shape index (κ2) is 32.9. The highest BCUT2D eigenvalue weighted by Crippen LogP contribution is 2.41. The molecule has 18 nitrogen and oxygen atoms in total. The molecule has 5 N–H and O–H groups in total. The molecule has 0 saturated heterocycles. The fourth-order valence-electron chi connectivity index (χ4n) is 11.9. The van der Waals surface area contributed by atoms with Crippen LogP contribution in [0.2, 0.25) is 15.3 Å². The fraction of sp³-hybridized carbons (Fsp3) is 0.265. The minimum Gasteiger partial charge on any atom is -0.445 e. The Morgan fingerprint density at radius 2 is 0.956 bits per heavy atom. The lowest BCUT2D eigenvalue weighted by Gasteiger charge is -2.38. The lowest BCUT2D eigenvalue weighted by atomic mass is 9.80. The molecule has 6 aromatic carbocycles. The van der Waals surface area contributed by atoms with Crippen LogP contribution in [0.1, 0.15) is 87.7 Å². The number of carbonyl (C=O) groups excluding carboxylic acids is 2. The van der Waals surface area contributed by atoms with Crippen LogP contribution >= 0.6 is 34.8 Å². The Bertz CT molecular complexity index is 4130. The minimum absolute atomic E-state index is 0.0824. The quantitative estimate of drug-likeness (QED) is 0.0832. The maximum Gasteiger partial charge on any atom is 0.407 e. The van der Waals surface area contributed by atoms with E-state index in [0.29, 0.717) is 34.0 Å². The molecule has 2 aliphatic rings. The molecule has 4 atom stereocenters. The number of aromatic nitrogens is 6. The smallest absolute Gasteiger partial charge is 0.407 e. The van der Waals surface area contributed by atoms with E-state index in [1.165, 1.54) is 0 Å². The third-order valence-electron chi connectivity index (χ3n) is 15.7. The van der Waals surface area contributed by atoms with E-state index in [1.54, 1.807) is 12.4 Å². The Morgan fingerprint density at radius 3 is 1.42 bits per heavy atom. The molecule has 0 bridgehead atoms. The zero-order chi connectivity index (χ0) is 64.9. The normalized spacial score (nSPS) is 17.3. The Kier molecular flexibility index (Phi) is 24.7. The van der Waals surface area contributed by atoms with Crippen LogP contribution in [0, 0.1) is 13.8 Å². The van der Waals surface area contributed by atoms with Crippen LogP contribution in [0.3, 0.4) is 0 Å². The zero-order valence-electron chi connectivity index (χ0n) is 50.5. The Balaban J connectivity index is 0.000000184. The van der Waals surface area contributed by atoms with Crippen LogP contribution in [-0.4, -0.2) is 81.3 Å². The predicted molar refractivity (Wildman–Crippen MR) is 360 cm³/mol. The van der Waals surface area contributed by atoms with Crippen LogP contribution < -0.4 is 21.7 Å².